The fourth-order valence-electron chi connectivity index (χ4n) is 2.54. The lowest BCUT2D eigenvalue weighted by molar-refractivity contribution is -0.127. The van der Waals surface area contributed by atoms with Crippen molar-refractivity contribution in [2.75, 3.05) is 6.54 Å². The van der Waals surface area contributed by atoms with E-state index in [4.69, 9.17) is 5.73 Å². The first-order chi connectivity index (χ1) is 13.0. The van der Waals surface area contributed by atoms with E-state index in [1.807, 2.05) is 30.3 Å². The molecular formula is C20H23N3O4. The minimum atomic E-state index is -0.825. The maximum Gasteiger partial charge on any atom is 0.239 e. The predicted molar refractivity (Wildman–Crippen MR) is 101 cm³/mol. The Morgan fingerprint density at radius 1 is 1.00 bits per heavy atom. The molecule has 0 aliphatic heterocycles. The van der Waals surface area contributed by atoms with E-state index in [-0.39, 0.29) is 18.7 Å². The molecule has 0 saturated heterocycles. The van der Waals surface area contributed by atoms with Gasteiger partial charge < -0.3 is 26.3 Å². The van der Waals surface area contributed by atoms with Gasteiger partial charge in [0.25, 0.3) is 0 Å². The number of phenols is 1. The van der Waals surface area contributed by atoms with Crippen LogP contribution < -0.4 is 16.4 Å². The first-order valence-electron chi connectivity index (χ1n) is 8.57. The van der Waals surface area contributed by atoms with Crippen LogP contribution in [0.3, 0.4) is 0 Å². The molecule has 0 aromatic heterocycles. The highest BCUT2D eigenvalue weighted by Gasteiger charge is 2.17. The standard InChI is InChI=1S/C20H23N3O4/c21-18(11-15-6-8-17(25)9-7-15)20(27)22-12-19(26)23-16(13-24)10-14-4-2-1-3-5-14/h1-9,13,16,18,25H,10-12,21H2,(H,22,27)(H,23,26). The van der Waals surface area contributed by atoms with Gasteiger partial charge in [-0.2, -0.15) is 0 Å². The molecule has 7 nitrogen and oxygen atoms in total. The van der Waals surface area contributed by atoms with Crippen molar-refractivity contribution in [2.45, 2.75) is 24.9 Å². The lowest BCUT2D eigenvalue weighted by Crippen LogP contribution is -2.48. The van der Waals surface area contributed by atoms with E-state index in [1.54, 1.807) is 12.1 Å². The molecule has 2 amide bonds. The number of benzene rings is 2. The summed E-state index contributed by atoms with van der Waals surface area (Å²) in [4.78, 5) is 35.2. The zero-order valence-electron chi connectivity index (χ0n) is 14.8. The molecule has 2 atom stereocenters. The molecule has 2 aromatic carbocycles. The summed E-state index contributed by atoms with van der Waals surface area (Å²) in [6.45, 7) is -0.263. The molecule has 142 valence electrons. The van der Waals surface area contributed by atoms with E-state index in [1.165, 1.54) is 12.1 Å². The number of phenolic OH excluding ortho intramolecular Hbond substituents is 1. The summed E-state index contributed by atoms with van der Waals surface area (Å²) in [5.74, 6) is -0.800. The highest BCUT2D eigenvalue weighted by molar-refractivity contribution is 5.88. The summed E-state index contributed by atoms with van der Waals surface area (Å²) in [6, 6.07) is 14.2. The average Bonchev–Trinajstić information content (AvgIpc) is 2.68. The van der Waals surface area contributed by atoms with E-state index in [0.717, 1.165) is 11.1 Å². The first-order valence-corrected chi connectivity index (χ1v) is 8.57. The molecule has 0 fully saturated rings. The van der Waals surface area contributed by atoms with Crippen molar-refractivity contribution in [3.63, 3.8) is 0 Å². The lowest BCUT2D eigenvalue weighted by Gasteiger charge is -2.15. The Hall–Kier alpha value is -3.19. The third-order valence-electron chi connectivity index (χ3n) is 3.96. The van der Waals surface area contributed by atoms with Crippen LogP contribution in [0.15, 0.2) is 54.6 Å². The summed E-state index contributed by atoms with van der Waals surface area (Å²) in [7, 11) is 0. The number of carbonyl (C=O) groups is 3. The van der Waals surface area contributed by atoms with Crippen LogP contribution in [-0.2, 0) is 27.2 Å². The van der Waals surface area contributed by atoms with Gasteiger partial charge in [0.05, 0.1) is 18.6 Å². The van der Waals surface area contributed by atoms with Crippen LogP contribution in [0.25, 0.3) is 0 Å². The molecule has 2 unspecified atom stereocenters. The van der Waals surface area contributed by atoms with E-state index >= 15 is 0 Å². The van der Waals surface area contributed by atoms with Crippen LogP contribution in [0.2, 0.25) is 0 Å². The zero-order chi connectivity index (χ0) is 19.6. The third kappa shape index (κ3) is 6.91. The minimum absolute atomic E-state index is 0.133. The van der Waals surface area contributed by atoms with Gasteiger partial charge in [0.2, 0.25) is 11.8 Å². The van der Waals surface area contributed by atoms with Crippen molar-refractivity contribution in [2.24, 2.45) is 5.73 Å². The summed E-state index contributed by atoms with van der Waals surface area (Å²) in [6.07, 6.45) is 1.33. The molecule has 0 aliphatic rings. The summed E-state index contributed by atoms with van der Waals surface area (Å²) >= 11 is 0. The van der Waals surface area contributed by atoms with Crippen molar-refractivity contribution in [3.8, 4) is 5.75 Å². The van der Waals surface area contributed by atoms with Crippen LogP contribution in [0, 0.1) is 0 Å². The number of nitrogens with one attached hydrogen (secondary N) is 2. The van der Waals surface area contributed by atoms with Crippen molar-refractivity contribution < 1.29 is 19.5 Å². The minimum Gasteiger partial charge on any atom is -0.508 e. The number of aromatic hydroxyl groups is 1. The van der Waals surface area contributed by atoms with E-state index in [0.29, 0.717) is 12.7 Å². The SMILES string of the molecule is NC(Cc1ccc(O)cc1)C(=O)NCC(=O)NC(C=O)Cc1ccccc1. The monoisotopic (exact) mass is 369 g/mol. The van der Waals surface area contributed by atoms with Gasteiger partial charge in [-0.25, -0.2) is 0 Å². The van der Waals surface area contributed by atoms with E-state index in [9.17, 15) is 19.5 Å². The quantitative estimate of drug-likeness (QED) is 0.474. The van der Waals surface area contributed by atoms with E-state index in [2.05, 4.69) is 10.6 Å². The van der Waals surface area contributed by atoms with Gasteiger partial charge in [-0.1, -0.05) is 42.5 Å². The van der Waals surface area contributed by atoms with Gasteiger partial charge in [0.1, 0.15) is 12.0 Å². The van der Waals surface area contributed by atoms with Crippen molar-refractivity contribution in [1.29, 1.82) is 0 Å². The fourth-order valence-corrected chi connectivity index (χ4v) is 2.54. The molecule has 2 aromatic rings. The van der Waals surface area contributed by atoms with Crippen LogP contribution in [-0.4, -0.2) is 41.8 Å². The number of hydrogen-bond acceptors (Lipinski definition) is 5. The van der Waals surface area contributed by atoms with Gasteiger partial charge in [-0.15, -0.1) is 0 Å². The second kappa shape index (κ2) is 10.1. The number of amides is 2. The maximum atomic E-state index is 12.0. The van der Waals surface area contributed by atoms with Crippen LogP contribution in [0.4, 0.5) is 0 Å². The van der Waals surface area contributed by atoms with Crippen LogP contribution in [0.1, 0.15) is 11.1 Å². The number of hydrogen-bond donors (Lipinski definition) is 4. The lowest BCUT2D eigenvalue weighted by atomic mass is 10.1. The van der Waals surface area contributed by atoms with Gasteiger partial charge in [-0.05, 0) is 36.1 Å². The molecule has 5 N–H and O–H groups in total. The Morgan fingerprint density at radius 3 is 2.26 bits per heavy atom. The molecule has 0 bridgehead atoms. The highest BCUT2D eigenvalue weighted by atomic mass is 16.3. The molecule has 0 radical (unpaired) electrons. The molecule has 7 heteroatoms. The largest absolute Gasteiger partial charge is 0.508 e. The normalized spacial score (nSPS) is 12.6. The Kier molecular flexibility index (Phi) is 7.51. The molecule has 2 rings (SSSR count). The molecule has 0 spiro atoms. The molecule has 0 aliphatic carbocycles. The van der Waals surface area contributed by atoms with Gasteiger partial charge >= 0.3 is 0 Å². The van der Waals surface area contributed by atoms with Gasteiger partial charge in [-0.3, -0.25) is 9.59 Å². The molecule has 0 saturated carbocycles. The predicted octanol–water partition coefficient (Wildman–Crippen LogP) is 0.305. The van der Waals surface area contributed by atoms with E-state index < -0.39 is 23.9 Å². The molecule has 27 heavy (non-hydrogen) atoms. The average molecular weight is 369 g/mol. The van der Waals surface area contributed by atoms with Crippen molar-refractivity contribution >= 4 is 18.1 Å². The fraction of sp³-hybridized carbons (Fsp3) is 0.250. The van der Waals surface area contributed by atoms with Crippen molar-refractivity contribution in [1.82, 2.24) is 10.6 Å². The van der Waals surface area contributed by atoms with Gasteiger partial charge in [0.15, 0.2) is 0 Å². The number of nitrogens with two attached hydrogens (primary N) is 1. The number of rotatable bonds is 9. The Labute approximate surface area is 157 Å². The van der Waals surface area contributed by atoms with Crippen molar-refractivity contribution in [3.05, 3.63) is 65.7 Å². The zero-order valence-corrected chi connectivity index (χ0v) is 14.8. The Morgan fingerprint density at radius 2 is 1.63 bits per heavy atom. The summed E-state index contributed by atoms with van der Waals surface area (Å²) < 4.78 is 0. The highest BCUT2D eigenvalue weighted by Crippen LogP contribution is 2.10. The Bertz CT molecular complexity index is 763. The number of aldehydes is 1. The molecule has 0 heterocycles. The summed E-state index contributed by atoms with van der Waals surface area (Å²) in [5, 5.41) is 14.3. The molecular weight excluding hydrogens is 346 g/mol. The third-order valence-corrected chi connectivity index (χ3v) is 3.96. The number of carbonyl (C=O) groups excluding carboxylic acids is 3. The second-order valence-corrected chi connectivity index (χ2v) is 6.19. The maximum absolute atomic E-state index is 12.0. The van der Waals surface area contributed by atoms with Crippen LogP contribution in [0.5, 0.6) is 5.75 Å². The second-order valence-electron chi connectivity index (χ2n) is 6.19. The Balaban J connectivity index is 1.76. The smallest absolute Gasteiger partial charge is 0.239 e. The van der Waals surface area contributed by atoms with Gasteiger partial charge in [0, 0.05) is 0 Å². The first kappa shape index (κ1) is 20.1. The van der Waals surface area contributed by atoms with Crippen LogP contribution >= 0.6 is 0 Å². The summed E-state index contributed by atoms with van der Waals surface area (Å²) in [5.41, 5.74) is 7.56. The topological polar surface area (TPSA) is 122 Å².